The highest BCUT2D eigenvalue weighted by atomic mass is 16.5. The molecule has 1 atom stereocenters. The molecule has 0 spiro atoms. The van der Waals surface area contributed by atoms with Gasteiger partial charge < -0.3 is 10.1 Å². The van der Waals surface area contributed by atoms with Crippen LogP contribution in [0.3, 0.4) is 0 Å². The molecule has 1 aromatic heterocycles. The van der Waals surface area contributed by atoms with Crippen LogP contribution in [0.4, 0.5) is 0 Å². The summed E-state index contributed by atoms with van der Waals surface area (Å²) >= 11 is 0. The normalized spacial score (nSPS) is 26.6. The number of hydrogen-bond acceptors (Lipinski definition) is 4. The van der Waals surface area contributed by atoms with E-state index in [1.54, 1.807) is 0 Å². The number of rotatable bonds is 4. The van der Waals surface area contributed by atoms with Gasteiger partial charge >= 0.3 is 0 Å². The van der Waals surface area contributed by atoms with Gasteiger partial charge in [-0.05, 0) is 37.9 Å². The Morgan fingerprint density at radius 2 is 2.16 bits per heavy atom. The van der Waals surface area contributed by atoms with Crippen LogP contribution in [0.1, 0.15) is 12.8 Å². The van der Waals surface area contributed by atoms with Gasteiger partial charge in [-0.2, -0.15) is 5.10 Å². The van der Waals surface area contributed by atoms with Crippen molar-refractivity contribution in [1.29, 1.82) is 0 Å². The fourth-order valence-corrected chi connectivity index (χ4v) is 3.10. The van der Waals surface area contributed by atoms with E-state index in [9.17, 15) is 0 Å². The Morgan fingerprint density at radius 1 is 1.26 bits per heavy atom. The summed E-state index contributed by atoms with van der Waals surface area (Å²) in [7, 11) is 0. The number of piperidine rings is 1. The highest BCUT2D eigenvalue weighted by Crippen LogP contribution is 2.16. The first-order chi connectivity index (χ1) is 9.40. The van der Waals surface area contributed by atoms with Gasteiger partial charge in [0.1, 0.15) is 0 Å². The smallest absolute Gasteiger partial charge is 0.0898 e. The third-order valence-electron chi connectivity index (χ3n) is 4.15. The maximum Gasteiger partial charge on any atom is 0.0898 e. The molecule has 0 radical (unpaired) electrons. The first kappa shape index (κ1) is 13.1. The average molecular weight is 264 g/mol. The first-order valence-corrected chi connectivity index (χ1v) is 7.42. The molecular formula is C14H24N4O. The van der Waals surface area contributed by atoms with Gasteiger partial charge in [-0.15, -0.1) is 0 Å². The highest BCUT2D eigenvalue weighted by Gasteiger charge is 2.24. The molecule has 3 heterocycles. The summed E-state index contributed by atoms with van der Waals surface area (Å²) in [5.41, 5.74) is 0. The van der Waals surface area contributed by atoms with Gasteiger partial charge in [0.05, 0.1) is 19.3 Å². The zero-order chi connectivity index (χ0) is 12.9. The summed E-state index contributed by atoms with van der Waals surface area (Å²) < 4.78 is 7.83. The first-order valence-electron chi connectivity index (χ1n) is 7.42. The molecular weight excluding hydrogens is 240 g/mol. The lowest BCUT2D eigenvalue weighted by Crippen LogP contribution is -2.47. The van der Waals surface area contributed by atoms with Crippen molar-refractivity contribution in [2.45, 2.75) is 25.5 Å². The maximum absolute atomic E-state index is 5.86. The van der Waals surface area contributed by atoms with Gasteiger partial charge in [0.25, 0.3) is 0 Å². The molecule has 106 valence electrons. The predicted molar refractivity (Wildman–Crippen MR) is 74.0 cm³/mol. The van der Waals surface area contributed by atoms with Crippen molar-refractivity contribution >= 4 is 0 Å². The van der Waals surface area contributed by atoms with Crippen molar-refractivity contribution in [1.82, 2.24) is 20.0 Å². The van der Waals surface area contributed by atoms with Crippen LogP contribution in [0.25, 0.3) is 0 Å². The van der Waals surface area contributed by atoms with Crippen LogP contribution in [-0.2, 0) is 11.3 Å². The molecule has 2 saturated heterocycles. The Hall–Kier alpha value is -0.910. The molecule has 3 rings (SSSR count). The molecule has 0 bridgehead atoms. The van der Waals surface area contributed by atoms with E-state index in [-0.39, 0.29) is 6.10 Å². The number of nitrogens with zero attached hydrogens (tertiary/aromatic N) is 3. The lowest BCUT2D eigenvalue weighted by molar-refractivity contribution is -0.0426. The number of nitrogens with one attached hydrogen (secondary N) is 1. The molecule has 0 aliphatic carbocycles. The van der Waals surface area contributed by atoms with E-state index in [1.807, 2.05) is 23.1 Å². The molecule has 1 unspecified atom stereocenters. The van der Waals surface area contributed by atoms with Gasteiger partial charge in [-0.3, -0.25) is 9.58 Å². The Morgan fingerprint density at radius 3 is 2.95 bits per heavy atom. The lowest BCUT2D eigenvalue weighted by atomic mass is 9.97. The van der Waals surface area contributed by atoms with E-state index >= 15 is 0 Å². The predicted octanol–water partition coefficient (Wildman–Crippen LogP) is 0.583. The van der Waals surface area contributed by atoms with Crippen molar-refractivity contribution in [3.63, 3.8) is 0 Å². The molecule has 5 heteroatoms. The highest BCUT2D eigenvalue weighted by molar-refractivity contribution is 4.81. The van der Waals surface area contributed by atoms with Crippen molar-refractivity contribution < 1.29 is 4.74 Å². The molecule has 2 aliphatic rings. The van der Waals surface area contributed by atoms with Crippen LogP contribution in [0.2, 0.25) is 0 Å². The van der Waals surface area contributed by atoms with Crippen LogP contribution >= 0.6 is 0 Å². The summed E-state index contributed by atoms with van der Waals surface area (Å²) in [6, 6.07) is 1.97. The minimum absolute atomic E-state index is 0.287. The van der Waals surface area contributed by atoms with Crippen molar-refractivity contribution in [2.24, 2.45) is 5.92 Å². The Bertz CT molecular complexity index is 362. The standard InChI is InChI=1S/C14H24N4O/c1-4-16-18(7-1)12-14-11-17(8-9-19-14)10-13-2-5-15-6-3-13/h1,4,7,13-15H,2-3,5-6,8-12H2. The fraction of sp³-hybridized carbons (Fsp3) is 0.786. The Labute approximate surface area is 114 Å². The van der Waals surface area contributed by atoms with Gasteiger partial charge in [-0.1, -0.05) is 0 Å². The third-order valence-corrected chi connectivity index (χ3v) is 4.15. The Balaban J connectivity index is 1.47. The van der Waals surface area contributed by atoms with E-state index < -0.39 is 0 Å². The molecule has 2 aliphatic heterocycles. The van der Waals surface area contributed by atoms with Crippen LogP contribution in [0.15, 0.2) is 18.5 Å². The van der Waals surface area contributed by atoms with Gasteiger partial charge in [0.2, 0.25) is 0 Å². The van der Waals surface area contributed by atoms with E-state index in [2.05, 4.69) is 15.3 Å². The van der Waals surface area contributed by atoms with Gasteiger partial charge in [0, 0.05) is 32.0 Å². The molecule has 0 amide bonds. The molecule has 19 heavy (non-hydrogen) atoms. The van der Waals surface area contributed by atoms with E-state index in [4.69, 9.17) is 4.74 Å². The van der Waals surface area contributed by atoms with Crippen LogP contribution < -0.4 is 5.32 Å². The summed E-state index contributed by atoms with van der Waals surface area (Å²) in [6.07, 6.45) is 6.77. The minimum Gasteiger partial charge on any atom is -0.374 e. The van der Waals surface area contributed by atoms with Crippen LogP contribution in [0, 0.1) is 5.92 Å². The SMILES string of the molecule is c1cnn(CC2CN(CC3CCNCC3)CCO2)c1. The maximum atomic E-state index is 5.86. The molecule has 0 saturated carbocycles. The van der Waals surface area contributed by atoms with Gasteiger partial charge in [-0.25, -0.2) is 0 Å². The number of ether oxygens (including phenoxy) is 1. The van der Waals surface area contributed by atoms with E-state index in [0.29, 0.717) is 0 Å². The fourth-order valence-electron chi connectivity index (χ4n) is 3.10. The zero-order valence-corrected chi connectivity index (χ0v) is 11.5. The van der Waals surface area contributed by atoms with Crippen molar-refractivity contribution in [2.75, 3.05) is 39.3 Å². The number of morpholine rings is 1. The molecule has 2 fully saturated rings. The summed E-state index contributed by atoms with van der Waals surface area (Å²) in [4.78, 5) is 2.58. The lowest BCUT2D eigenvalue weighted by Gasteiger charge is -2.36. The average Bonchev–Trinajstić information content (AvgIpc) is 2.93. The second kappa shape index (κ2) is 6.50. The van der Waals surface area contributed by atoms with E-state index in [1.165, 1.54) is 32.5 Å². The molecule has 0 aromatic carbocycles. The van der Waals surface area contributed by atoms with Crippen LogP contribution in [-0.4, -0.2) is 60.1 Å². The monoisotopic (exact) mass is 264 g/mol. The molecule has 5 nitrogen and oxygen atoms in total. The second-order valence-electron chi connectivity index (χ2n) is 5.67. The summed E-state index contributed by atoms with van der Waals surface area (Å²) in [5.74, 6) is 0.865. The zero-order valence-electron chi connectivity index (χ0n) is 11.5. The Kier molecular flexibility index (Phi) is 4.48. The van der Waals surface area contributed by atoms with E-state index in [0.717, 1.165) is 32.2 Å². The van der Waals surface area contributed by atoms with Gasteiger partial charge in [0.15, 0.2) is 0 Å². The summed E-state index contributed by atoms with van der Waals surface area (Å²) in [6.45, 7) is 7.47. The van der Waals surface area contributed by atoms with Crippen molar-refractivity contribution in [3.8, 4) is 0 Å². The summed E-state index contributed by atoms with van der Waals surface area (Å²) in [5, 5.41) is 7.70. The molecule has 1 N–H and O–H groups in total. The number of hydrogen-bond donors (Lipinski definition) is 1. The van der Waals surface area contributed by atoms with Crippen LogP contribution in [0.5, 0.6) is 0 Å². The minimum atomic E-state index is 0.287. The topological polar surface area (TPSA) is 42.3 Å². The largest absolute Gasteiger partial charge is 0.374 e. The number of aromatic nitrogens is 2. The third kappa shape index (κ3) is 3.78. The quantitative estimate of drug-likeness (QED) is 0.864. The second-order valence-corrected chi connectivity index (χ2v) is 5.67. The van der Waals surface area contributed by atoms with Crippen molar-refractivity contribution in [3.05, 3.63) is 18.5 Å². The molecule has 1 aromatic rings.